The van der Waals surface area contributed by atoms with E-state index in [0.717, 1.165) is 45.2 Å². The molecule has 0 unspecified atom stereocenters. The highest BCUT2D eigenvalue weighted by molar-refractivity contribution is 7.20. The number of benzene rings is 15. The largest absolute Gasteiger partial charge is 0.311 e. The molecule has 3 heterocycles. The molecule has 0 radical (unpaired) electrons. The molecule has 2 aliphatic heterocycles. The molecule has 6 heteroatoms. The molecule has 18 rings (SSSR count). The summed E-state index contributed by atoms with van der Waals surface area (Å²) >= 11 is 0. The van der Waals surface area contributed by atoms with E-state index in [1.54, 1.807) is 0 Å². The molecular formula is C98H80BN3Si2. The van der Waals surface area contributed by atoms with Crippen LogP contribution in [0, 0.1) is 0 Å². The number of hydrogen-bond acceptors (Lipinski definition) is 2. The van der Waals surface area contributed by atoms with Gasteiger partial charge in [-0.2, -0.15) is 0 Å². The Balaban J connectivity index is 1.02. The number of anilines is 6. The Morgan fingerprint density at radius 3 is 1.05 bits per heavy atom. The summed E-state index contributed by atoms with van der Waals surface area (Å²) in [7, 11) is -6.26. The van der Waals surface area contributed by atoms with E-state index in [1.165, 1.54) is 108 Å². The summed E-state index contributed by atoms with van der Waals surface area (Å²) in [4.78, 5) is 5.39. The lowest BCUT2D eigenvalue weighted by atomic mass is 9.33. The lowest BCUT2D eigenvalue weighted by molar-refractivity contribution is 0.592. The average molecular weight is 1370 g/mol. The highest BCUT2D eigenvalue weighted by atomic mass is 28.3. The van der Waals surface area contributed by atoms with E-state index < -0.39 is 16.1 Å². The van der Waals surface area contributed by atoms with Crippen LogP contribution in [0.1, 0.15) is 52.7 Å². The third-order valence-electron chi connectivity index (χ3n) is 22.3. The van der Waals surface area contributed by atoms with Crippen molar-refractivity contribution in [2.24, 2.45) is 0 Å². The SMILES string of the molecule is CC(C)(C)c1ccc(N2c3cc([Si](c4ccccc4)(c4ccccc4)c4ccccc4)ccc3B3c4cc(C(C)(C)C)c(-c5ccccc5)cc4N(c4cccc([Si](c5ccccc5)(c5ccccc5)c5ccccc5)c4)c4cc(-n5c6ccccc6c6ccccc65)cc2c43)cc1-c1ccccc1. The molecule has 15 aromatic carbocycles. The van der Waals surface area contributed by atoms with Crippen molar-refractivity contribution in [2.45, 2.75) is 52.4 Å². The minimum Gasteiger partial charge on any atom is -0.311 e. The van der Waals surface area contributed by atoms with Crippen LogP contribution in [0.5, 0.6) is 0 Å². The summed E-state index contributed by atoms with van der Waals surface area (Å²) in [5, 5.41) is 13.0. The zero-order valence-electron chi connectivity index (χ0n) is 59.7. The fourth-order valence-electron chi connectivity index (χ4n) is 17.8. The Labute approximate surface area is 614 Å². The maximum absolute atomic E-state index is 3.16. The molecule has 498 valence electrons. The zero-order valence-corrected chi connectivity index (χ0v) is 61.7. The Bertz CT molecular complexity index is 5630. The predicted molar refractivity (Wildman–Crippen MR) is 450 cm³/mol. The molecule has 0 atom stereocenters. The molecule has 16 aromatic rings. The molecule has 0 amide bonds. The Morgan fingerprint density at radius 2 is 0.615 bits per heavy atom. The van der Waals surface area contributed by atoms with Crippen LogP contribution in [-0.4, -0.2) is 27.4 Å². The molecule has 0 spiro atoms. The first-order valence-corrected chi connectivity index (χ1v) is 40.7. The van der Waals surface area contributed by atoms with Crippen molar-refractivity contribution in [3.8, 4) is 27.9 Å². The summed E-state index contributed by atoms with van der Waals surface area (Å²) in [5.74, 6) is 0. The number of aromatic nitrogens is 1. The fraction of sp³-hybridized carbons (Fsp3) is 0.0816. The Morgan fingerprint density at radius 1 is 0.250 bits per heavy atom. The van der Waals surface area contributed by atoms with Crippen LogP contribution < -0.4 is 67.7 Å². The standard InChI is InChI=1S/C98H80BN3Si2/c1-97(2,3)86-60-58-72(63-84(86)69-36-15-7-16-37-69)101-92-66-81(104(77-47-25-12-26-48-77,78-49-27-13-28-50-78)79-51-29-14-30-52-79)59-61-88(92)99-89-68-87(98(4,5)6)85(70-38-17-8-18-39-70)67-93(89)100(94-64-73(65-95(101)96(94)99)102-90-56-33-31-54-82(90)83-55-32-34-57-91(83)102)71-40-35-53-80(62-71)103(74-41-19-9-20-42-74,75-43-21-10-22-44-75)76-45-23-11-24-46-76/h7-68H,1-6H3. The van der Waals surface area contributed by atoms with Crippen LogP contribution in [0.15, 0.2) is 376 Å². The van der Waals surface area contributed by atoms with Crippen molar-refractivity contribution in [1.29, 1.82) is 0 Å². The lowest BCUT2D eigenvalue weighted by Crippen LogP contribution is -2.75. The Hall–Kier alpha value is -11.8. The first kappa shape index (κ1) is 64.3. The lowest BCUT2D eigenvalue weighted by Gasteiger charge is -2.46. The maximum atomic E-state index is 2.70. The number of para-hydroxylation sites is 2. The van der Waals surface area contributed by atoms with Crippen LogP contribution in [0.2, 0.25) is 0 Å². The van der Waals surface area contributed by atoms with Gasteiger partial charge in [-0.05, 0) is 163 Å². The smallest absolute Gasteiger partial charge is 0.252 e. The van der Waals surface area contributed by atoms with Gasteiger partial charge in [0.2, 0.25) is 0 Å². The number of nitrogens with zero attached hydrogens (tertiary/aromatic N) is 3. The van der Waals surface area contributed by atoms with E-state index in [0.29, 0.717) is 0 Å². The van der Waals surface area contributed by atoms with Gasteiger partial charge in [-0.3, -0.25) is 0 Å². The molecule has 0 N–H and O–H groups in total. The van der Waals surface area contributed by atoms with Gasteiger partial charge in [0.05, 0.1) is 16.7 Å². The second kappa shape index (κ2) is 25.6. The van der Waals surface area contributed by atoms with Crippen molar-refractivity contribution < 1.29 is 0 Å². The molecule has 0 saturated heterocycles. The van der Waals surface area contributed by atoms with Crippen LogP contribution in [0.3, 0.4) is 0 Å². The van der Waals surface area contributed by atoms with Crippen molar-refractivity contribution >= 4 is 137 Å². The van der Waals surface area contributed by atoms with Crippen LogP contribution in [-0.2, 0) is 10.8 Å². The highest BCUT2D eigenvalue weighted by Gasteiger charge is 2.49. The normalized spacial score (nSPS) is 12.8. The summed E-state index contributed by atoms with van der Waals surface area (Å²) in [5.41, 5.74) is 21.0. The molecule has 3 nitrogen and oxygen atoms in total. The summed E-state index contributed by atoms with van der Waals surface area (Å²) in [6.45, 7) is 14.0. The predicted octanol–water partition coefficient (Wildman–Crippen LogP) is 17.6. The quantitative estimate of drug-likeness (QED) is 0.0842. The minimum atomic E-state index is -3.16. The topological polar surface area (TPSA) is 11.4 Å². The second-order valence-corrected chi connectivity index (χ2v) is 37.9. The highest BCUT2D eigenvalue weighted by Crippen LogP contribution is 2.49. The molecule has 0 saturated carbocycles. The molecule has 1 aromatic heterocycles. The van der Waals surface area contributed by atoms with Gasteiger partial charge < -0.3 is 14.4 Å². The third kappa shape index (κ3) is 10.4. The summed E-state index contributed by atoms with van der Waals surface area (Å²) in [6, 6.07) is 144. The fourth-order valence-corrected chi connectivity index (χ4v) is 27.4. The summed E-state index contributed by atoms with van der Waals surface area (Å²) < 4.78 is 2.55. The van der Waals surface area contributed by atoms with E-state index in [9.17, 15) is 0 Å². The van der Waals surface area contributed by atoms with Gasteiger partial charge in [-0.15, -0.1) is 0 Å². The molecule has 0 aliphatic carbocycles. The van der Waals surface area contributed by atoms with E-state index in [4.69, 9.17) is 0 Å². The van der Waals surface area contributed by atoms with Crippen molar-refractivity contribution in [3.05, 3.63) is 387 Å². The number of fused-ring (bicyclic) bond motifs is 7. The molecule has 0 fully saturated rings. The van der Waals surface area contributed by atoms with Crippen molar-refractivity contribution in [2.75, 3.05) is 9.80 Å². The van der Waals surface area contributed by atoms with E-state index >= 15 is 0 Å². The van der Waals surface area contributed by atoms with Gasteiger partial charge in [0.15, 0.2) is 16.1 Å². The Kier molecular flexibility index (Phi) is 15.8. The third-order valence-corrected chi connectivity index (χ3v) is 31.8. The van der Waals surface area contributed by atoms with Gasteiger partial charge in [-0.25, -0.2) is 0 Å². The molecular weight excluding hydrogens is 1290 g/mol. The van der Waals surface area contributed by atoms with Gasteiger partial charge >= 0.3 is 0 Å². The summed E-state index contributed by atoms with van der Waals surface area (Å²) in [6.07, 6.45) is 0. The molecule has 0 bridgehead atoms. The average Bonchev–Trinajstić information content (AvgIpc) is 0.989. The first-order chi connectivity index (χ1) is 50.9. The van der Waals surface area contributed by atoms with Gasteiger partial charge in [0, 0.05) is 44.9 Å². The molecule has 2 aliphatic rings. The van der Waals surface area contributed by atoms with E-state index in [2.05, 4.69) is 432 Å². The molecule has 104 heavy (non-hydrogen) atoms. The minimum absolute atomic E-state index is 0.173. The van der Waals surface area contributed by atoms with E-state index in [1.807, 2.05) is 0 Å². The monoisotopic (exact) mass is 1370 g/mol. The van der Waals surface area contributed by atoms with Crippen molar-refractivity contribution in [3.63, 3.8) is 0 Å². The van der Waals surface area contributed by atoms with Gasteiger partial charge in [-0.1, -0.05) is 357 Å². The van der Waals surface area contributed by atoms with Gasteiger partial charge in [0.25, 0.3) is 6.71 Å². The zero-order chi connectivity index (χ0) is 70.3. The van der Waals surface area contributed by atoms with Crippen molar-refractivity contribution in [1.82, 2.24) is 4.57 Å². The van der Waals surface area contributed by atoms with Crippen LogP contribution in [0.25, 0.3) is 49.7 Å². The van der Waals surface area contributed by atoms with E-state index in [-0.39, 0.29) is 17.5 Å². The number of hydrogen-bond donors (Lipinski definition) is 0. The van der Waals surface area contributed by atoms with Gasteiger partial charge in [0.1, 0.15) is 0 Å². The number of rotatable bonds is 13. The van der Waals surface area contributed by atoms with Crippen LogP contribution >= 0.6 is 0 Å². The second-order valence-electron chi connectivity index (χ2n) is 30.3. The first-order valence-electron chi connectivity index (χ1n) is 36.7. The maximum Gasteiger partial charge on any atom is 0.252 e. The van der Waals surface area contributed by atoms with Crippen LogP contribution in [0.4, 0.5) is 34.1 Å².